The third-order valence-corrected chi connectivity index (χ3v) is 4.03. The van der Waals surface area contributed by atoms with Crippen LogP contribution in [0.3, 0.4) is 0 Å². The fourth-order valence-electron chi connectivity index (χ4n) is 2.69. The predicted octanol–water partition coefficient (Wildman–Crippen LogP) is 3.68. The Morgan fingerprint density at radius 1 is 1.42 bits per heavy atom. The highest BCUT2D eigenvalue weighted by Crippen LogP contribution is 2.35. The normalized spacial score (nSPS) is 18.0. The number of pyridine rings is 1. The van der Waals surface area contributed by atoms with Crippen molar-refractivity contribution in [1.29, 1.82) is 0 Å². The first-order valence-corrected chi connectivity index (χ1v) is 6.85. The summed E-state index contributed by atoms with van der Waals surface area (Å²) in [6, 6.07) is 1.53. The fraction of sp³-hybridized carbons (Fsp3) is 0.643. The first-order valence-electron chi connectivity index (χ1n) is 6.85. The summed E-state index contributed by atoms with van der Waals surface area (Å²) in [5.74, 6) is 0.601. The molecule has 1 saturated carbocycles. The van der Waals surface area contributed by atoms with Gasteiger partial charge in [0.2, 0.25) is 0 Å². The van der Waals surface area contributed by atoms with Crippen molar-refractivity contribution in [2.45, 2.75) is 46.0 Å². The van der Waals surface area contributed by atoms with Gasteiger partial charge in [0.15, 0.2) is 0 Å². The first kappa shape index (κ1) is 13.8. The first-order chi connectivity index (χ1) is 9.00. The summed E-state index contributed by atoms with van der Waals surface area (Å²) in [5.41, 5.74) is 1.02. The monoisotopic (exact) mass is 263 g/mol. The molecule has 1 N–H and O–H groups in total. The van der Waals surface area contributed by atoms with Gasteiger partial charge in [-0.15, -0.1) is 0 Å². The number of anilines is 1. The molecule has 1 heterocycles. The van der Waals surface area contributed by atoms with Crippen LogP contribution >= 0.6 is 0 Å². The van der Waals surface area contributed by atoms with Gasteiger partial charge in [-0.1, -0.05) is 26.2 Å². The van der Waals surface area contributed by atoms with Gasteiger partial charge in [0, 0.05) is 18.3 Å². The van der Waals surface area contributed by atoms with Crippen LogP contribution in [0.5, 0.6) is 0 Å². The topological polar surface area (TPSA) is 68.1 Å². The van der Waals surface area contributed by atoms with E-state index in [1.807, 2.05) is 0 Å². The van der Waals surface area contributed by atoms with Crippen LogP contribution in [0.25, 0.3) is 0 Å². The molecular weight excluding hydrogens is 242 g/mol. The quantitative estimate of drug-likeness (QED) is 0.664. The molecule has 0 aromatic carbocycles. The molecule has 1 aromatic rings. The zero-order chi connectivity index (χ0) is 13.9. The van der Waals surface area contributed by atoms with Crippen molar-refractivity contribution in [3.63, 3.8) is 0 Å². The third kappa shape index (κ3) is 3.43. The Morgan fingerprint density at radius 3 is 2.74 bits per heavy atom. The summed E-state index contributed by atoms with van der Waals surface area (Å²) >= 11 is 0. The predicted molar refractivity (Wildman–Crippen MR) is 75.3 cm³/mol. The van der Waals surface area contributed by atoms with Crippen LogP contribution in [-0.2, 0) is 0 Å². The Bertz CT molecular complexity index is 468. The average molecular weight is 263 g/mol. The Morgan fingerprint density at radius 2 is 2.11 bits per heavy atom. The van der Waals surface area contributed by atoms with Crippen LogP contribution in [0.1, 0.15) is 44.6 Å². The second-order valence-electron chi connectivity index (χ2n) is 5.84. The van der Waals surface area contributed by atoms with Crippen LogP contribution in [0.15, 0.2) is 12.3 Å². The van der Waals surface area contributed by atoms with Crippen LogP contribution in [0, 0.1) is 22.5 Å². The van der Waals surface area contributed by atoms with Crippen molar-refractivity contribution in [3.05, 3.63) is 27.9 Å². The van der Waals surface area contributed by atoms with Crippen molar-refractivity contribution in [3.8, 4) is 0 Å². The summed E-state index contributed by atoms with van der Waals surface area (Å²) < 4.78 is 0. The van der Waals surface area contributed by atoms with Crippen LogP contribution in [-0.4, -0.2) is 16.5 Å². The summed E-state index contributed by atoms with van der Waals surface area (Å²) in [7, 11) is 0. The van der Waals surface area contributed by atoms with E-state index in [0.29, 0.717) is 16.8 Å². The maximum Gasteiger partial charge on any atom is 0.277 e. The van der Waals surface area contributed by atoms with Gasteiger partial charge in [0.05, 0.1) is 11.0 Å². The van der Waals surface area contributed by atoms with E-state index in [-0.39, 0.29) is 10.6 Å². The highest BCUT2D eigenvalue weighted by atomic mass is 16.6. The number of nitrogens with one attached hydrogen (secondary N) is 1. The molecule has 5 nitrogen and oxygen atoms in total. The molecule has 104 valence electrons. The number of hydrogen-bond donors (Lipinski definition) is 1. The highest BCUT2D eigenvalue weighted by Gasteiger charge is 2.26. The molecule has 1 aliphatic rings. The lowest BCUT2D eigenvalue weighted by atomic mass is 9.76. The summed E-state index contributed by atoms with van der Waals surface area (Å²) in [5, 5.41) is 14.2. The molecule has 0 radical (unpaired) electrons. The van der Waals surface area contributed by atoms with E-state index in [1.54, 1.807) is 13.1 Å². The standard InChI is InChI=1S/C14H21N3O2/c1-11-9-15-13(8-12(11)17(18)19)16-10-14(2)6-4-3-5-7-14/h8-9H,3-7,10H2,1-2H3,(H,15,16). The maximum absolute atomic E-state index is 10.9. The summed E-state index contributed by atoms with van der Waals surface area (Å²) in [6.07, 6.45) is 7.87. The Labute approximate surface area is 113 Å². The van der Waals surface area contributed by atoms with Crippen LogP contribution < -0.4 is 5.32 Å². The SMILES string of the molecule is Cc1cnc(NCC2(C)CCCCC2)cc1[N+](=O)[O-]. The van der Waals surface area contributed by atoms with E-state index in [1.165, 1.54) is 38.2 Å². The van der Waals surface area contributed by atoms with Crippen molar-refractivity contribution in [2.24, 2.45) is 5.41 Å². The lowest BCUT2D eigenvalue weighted by Crippen LogP contribution is -2.29. The maximum atomic E-state index is 10.9. The minimum absolute atomic E-state index is 0.131. The number of rotatable bonds is 4. The molecule has 0 atom stereocenters. The fourth-order valence-corrected chi connectivity index (χ4v) is 2.69. The molecule has 5 heteroatoms. The Balaban J connectivity index is 2.03. The molecule has 0 unspecified atom stereocenters. The van der Waals surface area contributed by atoms with E-state index < -0.39 is 0 Å². The number of aromatic nitrogens is 1. The van der Waals surface area contributed by atoms with Gasteiger partial charge in [-0.25, -0.2) is 4.98 Å². The van der Waals surface area contributed by atoms with Gasteiger partial charge >= 0.3 is 0 Å². The average Bonchev–Trinajstić information content (AvgIpc) is 2.38. The zero-order valence-electron chi connectivity index (χ0n) is 11.6. The lowest BCUT2D eigenvalue weighted by Gasteiger charge is -2.33. The smallest absolute Gasteiger partial charge is 0.277 e. The van der Waals surface area contributed by atoms with E-state index in [0.717, 1.165) is 6.54 Å². The Kier molecular flexibility index (Phi) is 4.02. The molecule has 0 bridgehead atoms. The zero-order valence-corrected chi connectivity index (χ0v) is 11.6. The van der Waals surface area contributed by atoms with Gasteiger partial charge in [0.1, 0.15) is 5.82 Å². The summed E-state index contributed by atoms with van der Waals surface area (Å²) in [6.45, 7) is 4.82. The molecule has 0 saturated heterocycles. The second kappa shape index (κ2) is 5.55. The van der Waals surface area contributed by atoms with Gasteiger partial charge < -0.3 is 5.32 Å². The van der Waals surface area contributed by atoms with Crippen molar-refractivity contribution in [1.82, 2.24) is 4.98 Å². The number of aryl methyl sites for hydroxylation is 1. The molecular formula is C14H21N3O2. The minimum Gasteiger partial charge on any atom is -0.369 e. The molecule has 1 aliphatic carbocycles. The number of nitro groups is 1. The van der Waals surface area contributed by atoms with Gasteiger partial charge in [-0.05, 0) is 25.2 Å². The van der Waals surface area contributed by atoms with E-state index in [9.17, 15) is 10.1 Å². The van der Waals surface area contributed by atoms with Gasteiger partial charge in [-0.3, -0.25) is 10.1 Å². The largest absolute Gasteiger partial charge is 0.369 e. The van der Waals surface area contributed by atoms with E-state index >= 15 is 0 Å². The number of hydrogen-bond acceptors (Lipinski definition) is 4. The lowest BCUT2D eigenvalue weighted by molar-refractivity contribution is -0.385. The Hall–Kier alpha value is -1.65. The van der Waals surface area contributed by atoms with Crippen molar-refractivity contribution < 1.29 is 4.92 Å². The van der Waals surface area contributed by atoms with Gasteiger partial charge in [0.25, 0.3) is 5.69 Å². The molecule has 2 rings (SSSR count). The second-order valence-corrected chi connectivity index (χ2v) is 5.84. The van der Waals surface area contributed by atoms with Gasteiger partial charge in [-0.2, -0.15) is 0 Å². The summed E-state index contributed by atoms with van der Waals surface area (Å²) in [4.78, 5) is 14.8. The number of nitrogens with zero attached hydrogens (tertiary/aromatic N) is 2. The molecule has 1 aromatic heterocycles. The molecule has 0 spiro atoms. The molecule has 19 heavy (non-hydrogen) atoms. The molecule has 0 amide bonds. The molecule has 0 aliphatic heterocycles. The van der Waals surface area contributed by atoms with E-state index in [4.69, 9.17) is 0 Å². The highest BCUT2D eigenvalue weighted by molar-refractivity contribution is 5.48. The molecule has 1 fully saturated rings. The van der Waals surface area contributed by atoms with E-state index in [2.05, 4.69) is 17.2 Å². The third-order valence-electron chi connectivity index (χ3n) is 4.03. The van der Waals surface area contributed by atoms with Crippen molar-refractivity contribution in [2.75, 3.05) is 11.9 Å². The minimum atomic E-state index is -0.357. The van der Waals surface area contributed by atoms with Crippen molar-refractivity contribution >= 4 is 11.5 Å². The van der Waals surface area contributed by atoms with Crippen LogP contribution in [0.2, 0.25) is 0 Å². The van der Waals surface area contributed by atoms with Crippen LogP contribution in [0.4, 0.5) is 11.5 Å².